The van der Waals surface area contributed by atoms with Crippen LogP contribution < -0.4 is 5.32 Å². The van der Waals surface area contributed by atoms with Gasteiger partial charge in [0, 0.05) is 25.7 Å². The lowest BCUT2D eigenvalue weighted by Crippen LogP contribution is -2.36. The molecule has 0 bridgehead atoms. The summed E-state index contributed by atoms with van der Waals surface area (Å²) < 4.78 is 5.46. The summed E-state index contributed by atoms with van der Waals surface area (Å²) >= 11 is 0. The molecule has 0 saturated carbocycles. The molecule has 2 atom stereocenters. The van der Waals surface area contributed by atoms with Crippen LogP contribution in [0.15, 0.2) is 0 Å². The summed E-state index contributed by atoms with van der Waals surface area (Å²) in [5.74, 6) is 0. The van der Waals surface area contributed by atoms with Crippen molar-refractivity contribution >= 4 is 0 Å². The van der Waals surface area contributed by atoms with Crippen LogP contribution in [0.1, 0.15) is 19.3 Å². The van der Waals surface area contributed by atoms with E-state index in [4.69, 9.17) is 4.74 Å². The normalized spacial score (nSPS) is 44.1. The first-order chi connectivity index (χ1) is 6.88. The Morgan fingerprint density at radius 3 is 3.07 bits per heavy atom. The number of hydrogen-bond donors (Lipinski definition) is 1. The summed E-state index contributed by atoms with van der Waals surface area (Å²) in [6, 6.07) is 0.731. The monoisotopic (exact) mass is 196 g/mol. The van der Waals surface area contributed by atoms with E-state index in [0.717, 1.165) is 19.3 Å². The van der Waals surface area contributed by atoms with Gasteiger partial charge >= 0.3 is 0 Å². The topological polar surface area (TPSA) is 24.5 Å². The Morgan fingerprint density at radius 2 is 2.36 bits per heavy atom. The Balaban J connectivity index is 1.63. The number of hydrogen-bond acceptors (Lipinski definition) is 3. The Bertz CT molecular complexity index is 207. The van der Waals surface area contributed by atoms with Gasteiger partial charge in [0.25, 0.3) is 0 Å². The predicted molar refractivity (Wildman–Crippen MR) is 55.3 cm³/mol. The van der Waals surface area contributed by atoms with Gasteiger partial charge in [-0.05, 0) is 37.8 Å². The van der Waals surface area contributed by atoms with Gasteiger partial charge in [-0.15, -0.1) is 0 Å². The minimum atomic E-state index is 0.628. The molecule has 3 nitrogen and oxygen atoms in total. The number of ether oxygens (including phenoxy) is 1. The highest BCUT2D eigenvalue weighted by atomic mass is 16.5. The second-order valence-corrected chi connectivity index (χ2v) is 5.16. The summed E-state index contributed by atoms with van der Waals surface area (Å²) in [6.07, 6.45) is 4.04. The second-order valence-electron chi connectivity index (χ2n) is 5.16. The molecular weight excluding hydrogens is 176 g/mol. The van der Waals surface area contributed by atoms with Crippen LogP contribution in [0.3, 0.4) is 0 Å². The SMILES string of the molecule is C1CC2(CCN(C3CCOC3)C2)CN1. The highest BCUT2D eigenvalue weighted by Gasteiger charge is 2.42. The van der Waals surface area contributed by atoms with Crippen molar-refractivity contribution in [1.82, 2.24) is 10.2 Å². The zero-order valence-corrected chi connectivity index (χ0v) is 8.80. The molecule has 1 spiro atoms. The van der Waals surface area contributed by atoms with E-state index in [0.29, 0.717) is 5.41 Å². The first kappa shape index (κ1) is 9.13. The van der Waals surface area contributed by atoms with E-state index in [1.165, 1.54) is 45.4 Å². The van der Waals surface area contributed by atoms with E-state index >= 15 is 0 Å². The molecule has 3 saturated heterocycles. The minimum absolute atomic E-state index is 0.628. The lowest BCUT2D eigenvalue weighted by atomic mass is 9.86. The molecule has 14 heavy (non-hydrogen) atoms. The van der Waals surface area contributed by atoms with Gasteiger partial charge in [-0.2, -0.15) is 0 Å². The first-order valence-electron chi connectivity index (χ1n) is 5.91. The Morgan fingerprint density at radius 1 is 1.36 bits per heavy atom. The van der Waals surface area contributed by atoms with E-state index < -0.39 is 0 Å². The van der Waals surface area contributed by atoms with Crippen molar-refractivity contribution in [2.24, 2.45) is 5.41 Å². The van der Waals surface area contributed by atoms with Gasteiger partial charge < -0.3 is 10.1 Å². The van der Waals surface area contributed by atoms with Crippen LogP contribution in [0.2, 0.25) is 0 Å². The number of rotatable bonds is 1. The van der Waals surface area contributed by atoms with E-state index in [2.05, 4.69) is 10.2 Å². The summed E-state index contributed by atoms with van der Waals surface area (Å²) in [7, 11) is 0. The van der Waals surface area contributed by atoms with Gasteiger partial charge in [-0.25, -0.2) is 0 Å². The maximum Gasteiger partial charge on any atom is 0.0622 e. The minimum Gasteiger partial charge on any atom is -0.380 e. The molecule has 0 aromatic heterocycles. The van der Waals surface area contributed by atoms with Crippen molar-refractivity contribution in [2.45, 2.75) is 25.3 Å². The first-order valence-corrected chi connectivity index (χ1v) is 5.91. The fraction of sp³-hybridized carbons (Fsp3) is 1.00. The fourth-order valence-electron chi connectivity index (χ4n) is 3.24. The van der Waals surface area contributed by atoms with Crippen molar-refractivity contribution in [3.63, 3.8) is 0 Å². The summed E-state index contributed by atoms with van der Waals surface area (Å²) in [6.45, 7) is 7.05. The van der Waals surface area contributed by atoms with Gasteiger partial charge in [-0.1, -0.05) is 0 Å². The zero-order chi connectivity index (χ0) is 9.43. The third kappa shape index (κ3) is 1.47. The van der Waals surface area contributed by atoms with Crippen LogP contribution in [0.25, 0.3) is 0 Å². The predicted octanol–water partition coefficient (Wildman–Crippen LogP) is 0.461. The summed E-state index contributed by atoms with van der Waals surface area (Å²) in [5, 5.41) is 3.51. The van der Waals surface area contributed by atoms with E-state index in [1.54, 1.807) is 0 Å². The van der Waals surface area contributed by atoms with Crippen LogP contribution in [-0.2, 0) is 4.74 Å². The standard InChI is InChI=1S/C11H20N2O/c1-6-14-7-10(1)13-5-3-11(9-13)2-4-12-8-11/h10,12H,1-9H2. The molecule has 2 unspecified atom stereocenters. The highest BCUT2D eigenvalue weighted by molar-refractivity contribution is 4.97. The quantitative estimate of drug-likeness (QED) is 0.659. The summed E-state index contributed by atoms with van der Waals surface area (Å²) in [5.41, 5.74) is 0.628. The molecule has 80 valence electrons. The van der Waals surface area contributed by atoms with Crippen molar-refractivity contribution < 1.29 is 4.74 Å². The molecule has 0 amide bonds. The largest absolute Gasteiger partial charge is 0.380 e. The second kappa shape index (κ2) is 3.47. The molecule has 3 heterocycles. The average Bonchev–Trinajstić information content (AvgIpc) is 2.91. The third-order valence-corrected chi connectivity index (χ3v) is 4.22. The maximum atomic E-state index is 5.46. The van der Waals surface area contributed by atoms with Gasteiger partial charge in [0.2, 0.25) is 0 Å². The van der Waals surface area contributed by atoms with Crippen LogP contribution in [-0.4, -0.2) is 50.3 Å². The van der Waals surface area contributed by atoms with Gasteiger partial charge in [0.15, 0.2) is 0 Å². The van der Waals surface area contributed by atoms with Crippen molar-refractivity contribution in [2.75, 3.05) is 39.4 Å². The van der Waals surface area contributed by atoms with E-state index in [1.807, 2.05) is 0 Å². The molecule has 0 aliphatic carbocycles. The van der Waals surface area contributed by atoms with Crippen molar-refractivity contribution in [3.05, 3.63) is 0 Å². The molecule has 0 aromatic rings. The smallest absolute Gasteiger partial charge is 0.0622 e. The molecular formula is C11H20N2O. The van der Waals surface area contributed by atoms with Gasteiger partial charge in [0.1, 0.15) is 0 Å². The maximum absolute atomic E-state index is 5.46. The summed E-state index contributed by atoms with van der Waals surface area (Å²) in [4.78, 5) is 2.67. The molecule has 0 radical (unpaired) electrons. The van der Waals surface area contributed by atoms with E-state index in [-0.39, 0.29) is 0 Å². The Hall–Kier alpha value is -0.120. The average molecular weight is 196 g/mol. The van der Waals surface area contributed by atoms with Gasteiger partial charge in [-0.3, -0.25) is 4.90 Å². The Kier molecular flexibility index (Phi) is 2.26. The fourth-order valence-corrected chi connectivity index (χ4v) is 3.24. The van der Waals surface area contributed by atoms with Crippen LogP contribution >= 0.6 is 0 Å². The molecule has 3 heteroatoms. The van der Waals surface area contributed by atoms with Gasteiger partial charge in [0.05, 0.1) is 6.61 Å². The molecule has 3 fully saturated rings. The molecule has 3 aliphatic heterocycles. The molecule has 3 rings (SSSR count). The highest BCUT2D eigenvalue weighted by Crippen LogP contribution is 2.37. The van der Waals surface area contributed by atoms with Crippen molar-refractivity contribution in [1.29, 1.82) is 0 Å². The third-order valence-electron chi connectivity index (χ3n) is 4.22. The van der Waals surface area contributed by atoms with Crippen molar-refractivity contribution in [3.8, 4) is 0 Å². The van der Waals surface area contributed by atoms with Crippen LogP contribution in [0.4, 0.5) is 0 Å². The number of nitrogens with one attached hydrogen (secondary N) is 1. The number of likely N-dealkylation sites (tertiary alicyclic amines) is 1. The van der Waals surface area contributed by atoms with Crippen LogP contribution in [0, 0.1) is 5.41 Å². The number of nitrogens with zero attached hydrogens (tertiary/aromatic N) is 1. The van der Waals surface area contributed by atoms with E-state index in [9.17, 15) is 0 Å². The molecule has 0 aromatic carbocycles. The molecule has 3 aliphatic rings. The lowest BCUT2D eigenvalue weighted by molar-refractivity contribution is 0.151. The Labute approximate surface area is 85.8 Å². The zero-order valence-electron chi connectivity index (χ0n) is 8.80. The van der Waals surface area contributed by atoms with Crippen LogP contribution in [0.5, 0.6) is 0 Å². The molecule has 1 N–H and O–H groups in total. The lowest BCUT2D eigenvalue weighted by Gasteiger charge is -2.26.